The molecule has 0 saturated carbocycles. The lowest BCUT2D eigenvalue weighted by molar-refractivity contribution is -0.123. The number of nitrogens with two attached hydrogens (primary N) is 1. The first-order chi connectivity index (χ1) is 8.13. The topological polar surface area (TPSA) is 64.3 Å². The molecule has 0 aliphatic heterocycles. The van der Waals surface area contributed by atoms with Gasteiger partial charge in [0.05, 0.1) is 0 Å². The average molecular weight is 273 g/mol. The molecule has 1 aromatic carbocycles. The molecule has 0 aromatic heterocycles. The van der Waals surface area contributed by atoms with E-state index in [0.29, 0.717) is 19.0 Å². The lowest BCUT2D eigenvalue weighted by Crippen LogP contribution is -2.32. The van der Waals surface area contributed by atoms with E-state index in [1.165, 1.54) is 5.56 Å². The Kier molecular flexibility index (Phi) is 8.16. The molecule has 5 heteroatoms. The van der Waals surface area contributed by atoms with Gasteiger partial charge >= 0.3 is 0 Å². The second-order valence-corrected chi connectivity index (χ2v) is 4.15. The fourth-order valence-corrected chi connectivity index (χ4v) is 1.37. The molecule has 4 nitrogen and oxygen atoms in total. The van der Waals surface area contributed by atoms with Crippen LogP contribution in [0.4, 0.5) is 0 Å². The van der Waals surface area contributed by atoms with Crippen molar-refractivity contribution in [1.29, 1.82) is 0 Å². The molecule has 18 heavy (non-hydrogen) atoms. The third-order valence-electron chi connectivity index (χ3n) is 2.36. The number of carbonyl (C=O) groups is 1. The van der Waals surface area contributed by atoms with Gasteiger partial charge in [-0.3, -0.25) is 4.79 Å². The van der Waals surface area contributed by atoms with E-state index in [2.05, 4.69) is 19.2 Å². The molecule has 0 aliphatic carbocycles. The van der Waals surface area contributed by atoms with Gasteiger partial charge in [0.25, 0.3) is 5.91 Å². The van der Waals surface area contributed by atoms with Gasteiger partial charge in [-0.1, -0.05) is 26.0 Å². The number of amides is 1. The maximum atomic E-state index is 11.3. The summed E-state index contributed by atoms with van der Waals surface area (Å²) in [6.45, 7) is 5.19. The Labute approximate surface area is 114 Å². The first-order valence-corrected chi connectivity index (χ1v) is 5.83. The minimum Gasteiger partial charge on any atom is -0.484 e. The van der Waals surface area contributed by atoms with Gasteiger partial charge in [0.15, 0.2) is 6.61 Å². The number of carbonyl (C=O) groups excluding carboxylic acids is 1. The molecule has 0 bridgehead atoms. The van der Waals surface area contributed by atoms with Crippen LogP contribution >= 0.6 is 12.4 Å². The van der Waals surface area contributed by atoms with Crippen LogP contribution < -0.4 is 15.8 Å². The van der Waals surface area contributed by atoms with Crippen LogP contribution in [0.25, 0.3) is 0 Å². The first kappa shape index (κ1) is 16.7. The van der Waals surface area contributed by atoms with Crippen molar-refractivity contribution in [3.8, 4) is 5.75 Å². The summed E-state index contributed by atoms with van der Waals surface area (Å²) in [7, 11) is 0. The smallest absolute Gasteiger partial charge is 0.257 e. The SMILES string of the molecule is CC(C)c1cccc(OCC(=O)NCCN)c1.Cl. The molecular formula is C13H21ClN2O2. The number of benzene rings is 1. The minimum absolute atomic E-state index is 0. The van der Waals surface area contributed by atoms with Crippen LogP contribution in [-0.4, -0.2) is 25.6 Å². The van der Waals surface area contributed by atoms with Crippen LogP contribution in [0.2, 0.25) is 0 Å². The van der Waals surface area contributed by atoms with Crippen LogP contribution in [0, 0.1) is 0 Å². The van der Waals surface area contributed by atoms with E-state index >= 15 is 0 Å². The van der Waals surface area contributed by atoms with Gasteiger partial charge in [-0.2, -0.15) is 0 Å². The van der Waals surface area contributed by atoms with Gasteiger partial charge in [0.1, 0.15) is 5.75 Å². The van der Waals surface area contributed by atoms with Gasteiger partial charge in [-0.25, -0.2) is 0 Å². The predicted octanol–water partition coefficient (Wildman–Crippen LogP) is 1.69. The molecule has 0 heterocycles. The van der Waals surface area contributed by atoms with Gasteiger partial charge in [-0.15, -0.1) is 12.4 Å². The summed E-state index contributed by atoms with van der Waals surface area (Å²) in [4.78, 5) is 11.3. The lowest BCUT2D eigenvalue weighted by atomic mass is 10.0. The molecule has 3 N–H and O–H groups in total. The first-order valence-electron chi connectivity index (χ1n) is 5.83. The highest BCUT2D eigenvalue weighted by Gasteiger charge is 2.03. The van der Waals surface area contributed by atoms with Crippen LogP contribution in [0.3, 0.4) is 0 Å². The van der Waals surface area contributed by atoms with Gasteiger partial charge < -0.3 is 15.8 Å². The molecule has 1 amide bonds. The zero-order valence-electron chi connectivity index (χ0n) is 10.8. The van der Waals surface area contributed by atoms with E-state index in [1.54, 1.807) is 0 Å². The molecule has 0 saturated heterocycles. The van der Waals surface area contributed by atoms with Crippen molar-refractivity contribution >= 4 is 18.3 Å². The molecule has 0 radical (unpaired) electrons. The molecule has 0 aliphatic rings. The number of halogens is 1. The van der Waals surface area contributed by atoms with Crippen molar-refractivity contribution in [2.45, 2.75) is 19.8 Å². The van der Waals surface area contributed by atoms with E-state index < -0.39 is 0 Å². The van der Waals surface area contributed by atoms with E-state index in [4.69, 9.17) is 10.5 Å². The Morgan fingerprint density at radius 2 is 2.17 bits per heavy atom. The third kappa shape index (κ3) is 5.89. The maximum absolute atomic E-state index is 11.3. The zero-order valence-corrected chi connectivity index (χ0v) is 11.6. The van der Waals surface area contributed by atoms with Crippen molar-refractivity contribution < 1.29 is 9.53 Å². The fraction of sp³-hybridized carbons (Fsp3) is 0.462. The van der Waals surface area contributed by atoms with E-state index in [1.807, 2.05) is 24.3 Å². The molecular weight excluding hydrogens is 252 g/mol. The van der Waals surface area contributed by atoms with E-state index in [9.17, 15) is 4.79 Å². The Morgan fingerprint density at radius 3 is 2.78 bits per heavy atom. The second-order valence-electron chi connectivity index (χ2n) is 4.15. The quantitative estimate of drug-likeness (QED) is 0.828. The molecule has 0 fully saturated rings. The van der Waals surface area contributed by atoms with Crippen molar-refractivity contribution in [3.63, 3.8) is 0 Å². The summed E-state index contributed by atoms with van der Waals surface area (Å²) in [5.74, 6) is 1.02. The van der Waals surface area contributed by atoms with Crippen LogP contribution in [0.1, 0.15) is 25.3 Å². The highest BCUT2D eigenvalue weighted by atomic mass is 35.5. The number of ether oxygens (including phenoxy) is 1. The number of hydrogen-bond donors (Lipinski definition) is 2. The largest absolute Gasteiger partial charge is 0.484 e. The number of hydrogen-bond acceptors (Lipinski definition) is 3. The number of nitrogens with one attached hydrogen (secondary N) is 1. The van der Waals surface area contributed by atoms with Crippen molar-refractivity contribution in [1.82, 2.24) is 5.32 Å². The molecule has 102 valence electrons. The predicted molar refractivity (Wildman–Crippen MR) is 75.3 cm³/mol. The minimum atomic E-state index is -0.148. The van der Waals surface area contributed by atoms with E-state index in [-0.39, 0.29) is 24.9 Å². The zero-order chi connectivity index (χ0) is 12.7. The van der Waals surface area contributed by atoms with E-state index in [0.717, 1.165) is 5.75 Å². The van der Waals surface area contributed by atoms with Crippen LogP contribution in [0.5, 0.6) is 5.75 Å². The monoisotopic (exact) mass is 272 g/mol. The van der Waals surface area contributed by atoms with Gasteiger partial charge in [0.2, 0.25) is 0 Å². The second kappa shape index (κ2) is 8.78. The molecule has 0 atom stereocenters. The molecule has 1 aromatic rings. The van der Waals surface area contributed by atoms with Crippen molar-refractivity contribution in [2.75, 3.05) is 19.7 Å². The Morgan fingerprint density at radius 1 is 1.44 bits per heavy atom. The highest BCUT2D eigenvalue weighted by Crippen LogP contribution is 2.19. The standard InChI is InChI=1S/C13H20N2O2.ClH/c1-10(2)11-4-3-5-12(8-11)17-9-13(16)15-7-6-14;/h3-5,8,10H,6-7,9,14H2,1-2H3,(H,15,16);1H. The van der Waals surface area contributed by atoms with Crippen LogP contribution in [0.15, 0.2) is 24.3 Å². The molecule has 1 rings (SSSR count). The van der Waals surface area contributed by atoms with Gasteiger partial charge in [-0.05, 0) is 23.6 Å². The highest BCUT2D eigenvalue weighted by molar-refractivity contribution is 5.85. The summed E-state index contributed by atoms with van der Waals surface area (Å²) >= 11 is 0. The lowest BCUT2D eigenvalue weighted by Gasteiger charge is -2.09. The summed E-state index contributed by atoms with van der Waals surface area (Å²) in [6.07, 6.45) is 0. The average Bonchev–Trinajstić information content (AvgIpc) is 2.34. The summed E-state index contributed by atoms with van der Waals surface area (Å²) in [5.41, 5.74) is 6.48. The van der Waals surface area contributed by atoms with Crippen LogP contribution in [-0.2, 0) is 4.79 Å². The van der Waals surface area contributed by atoms with Crippen molar-refractivity contribution in [3.05, 3.63) is 29.8 Å². The Bertz CT molecular complexity index is 370. The fourth-order valence-electron chi connectivity index (χ4n) is 1.37. The summed E-state index contributed by atoms with van der Waals surface area (Å²) in [5, 5.41) is 2.65. The molecule has 0 spiro atoms. The summed E-state index contributed by atoms with van der Waals surface area (Å²) in [6, 6.07) is 7.79. The van der Waals surface area contributed by atoms with Gasteiger partial charge in [0, 0.05) is 13.1 Å². The third-order valence-corrected chi connectivity index (χ3v) is 2.36. The molecule has 0 unspecified atom stereocenters. The van der Waals surface area contributed by atoms with Crippen molar-refractivity contribution in [2.24, 2.45) is 5.73 Å². The number of rotatable bonds is 6. The Hall–Kier alpha value is -1.26. The Balaban J connectivity index is 0.00000289. The maximum Gasteiger partial charge on any atom is 0.257 e. The summed E-state index contributed by atoms with van der Waals surface area (Å²) < 4.78 is 5.40. The normalized spacial score (nSPS) is 9.78.